The van der Waals surface area contributed by atoms with Crippen molar-refractivity contribution in [3.05, 3.63) is 29.8 Å². The van der Waals surface area contributed by atoms with Gasteiger partial charge >= 0.3 is 0 Å². The van der Waals surface area contributed by atoms with Crippen LogP contribution in [0.2, 0.25) is 0 Å². The molecule has 1 rings (SSSR count). The maximum atomic E-state index is 13.7. The fourth-order valence-electron chi connectivity index (χ4n) is 1.53. The highest BCUT2D eigenvalue weighted by Gasteiger charge is 2.32. The van der Waals surface area contributed by atoms with Gasteiger partial charge in [-0.05, 0) is 18.1 Å². The number of benzene rings is 1. The molecule has 0 fully saturated rings. The van der Waals surface area contributed by atoms with Gasteiger partial charge in [-0.1, -0.05) is 26.0 Å². The normalized spacial score (nSPS) is 11.9. The van der Waals surface area contributed by atoms with Gasteiger partial charge < -0.3 is 5.32 Å². The first kappa shape index (κ1) is 12.0. The zero-order valence-corrected chi connectivity index (χ0v) is 9.35. The first-order chi connectivity index (χ1) is 6.95. The number of rotatable bonds is 4. The molecule has 0 heterocycles. The number of hydrogen-bond acceptors (Lipinski definition) is 1. The maximum absolute atomic E-state index is 13.7. The third-order valence-electron chi connectivity index (χ3n) is 2.24. The van der Waals surface area contributed by atoms with Crippen molar-refractivity contribution in [1.82, 2.24) is 0 Å². The first-order valence-electron chi connectivity index (χ1n) is 5.12. The zero-order chi connectivity index (χ0) is 11.5. The van der Waals surface area contributed by atoms with Crippen LogP contribution in [0, 0.1) is 5.92 Å². The fourth-order valence-corrected chi connectivity index (χ4v) is 1.53. The number of nitrogens with one attached hydrogen (secondary N) is 1. The lowest BCUT2D eigenvalue weighted by Gasteiger charge is -2.19. The standard InChI is InChI=1S/C12H17F2N/c1-9(2)8-12(13,14)10-5-4-6-11(7-10)15-3/h4-7,9,15H,8H2,1-3H3. The van der Waals surface area contributed by atoms with Crippen molar-refractivity contribution < 1.29 is 8.78 Å². The van der Waals surface area contributed by atoms with Crippen LogP contribution in [0.15, 0.2) is 24.3 Å². The Morgan fingerprint density at radius 1 is 1.33 bits per heavy atom. The molecular formula is C12H17F2N. The summed E-state index contributed by atoms with van der Waals surface area (Å²) in [6.07, 6.45) is -0.111. The topological polar surface area (TPSA) is 12.0 Å². The second-order valence-corrected chi connectivity index (χ2v) is 4.13. The number of anilines is 1. The average molecular weight is 213 g/mol. The van der Waals surface area contributed by atoms with E-state index in [-0.39, 0.29) is 17.9 Å². The average Bonchev–Trinajstić information content (AvgIpc) is 2.16. The fraction of sp³-hybridized carbons (Fsp3) is 0.500. The zero-order valence-electron chi connectivity index (χ0n) is 9.35. The molecule has 1 aromatic rings. The molecule has 0 bridgehead atoms. The van der Waals surface area contributed by atoms with E-state index >= 15 is 0 Å². The minimum atomic E-state index is -2.74. The predicted molar refractivity (Wildman–Crippen MR) is 59.3 cm³/mol. The number of halogens is 2. The molecule has 0 saturated heterocycles. The van der Waals surface area contributed by atoms with Gasteiger partial charge in [0.1, 0.15) is 0 Å². The molecule has 3 heteroatoms. The van der Waals surface area contributed by atoms with Crippen LogP contribution in [-0.2, 0) is 5.92 Å². The molecule has 0 unspecified atom stereocenters. The monoisotopic (exact) mass is 213 g/mol. The quantitative estimate of drug-likeness (QED) is 0.800. The van der Waals surface area contributed by atoms with Crippen LogP contribution in [0.25, 0.3) is 0 Å². The van der Waals surface area contributed by atoms with Gasteiger partial charge in [-0.3, -0.25) is 0 Å². The molecule has 1 N–H and O–H groups in total. The molecule has 0 aliphatic carbocycles. The molecular weight excluding hydrogens is 196 g/mol. The molecule has 84 valence electrons. The molecule has 0 atom stereocenters. The Morgan fingerprint density at radius 3 is 2.53 bits per heavy atom. The van der Waals surface area contributed by atoms with E-state index < -0.39 is 5.92 Å². The van der Waals surface area contributed by atoms with Crippen LogP contribution < -0.4 is 5.32 Å². The van der Waals surface area contributed by atoms with Crippen molar-refractivity contribution in [2.45, 2.75) is 26.2 Å². The summed E-state index contributed by atoms with van der Waals surface area (Å²) in [5.41, 5.74) is 0.805. The predicted octanol–water partition coefficient (Wildman–Crippen LogP) is 3.87. The van der Waals surface area contributed by atoms with E-state index in [1.165, 1.54) is 12.1 Å². The molecule has 0 radical (unpaired) electrons. The van der Waals surface area contributed by atoms with Crippen LogP contribution in [-0.4, -0.2) is 7.05 Å². The van der Waals surface area contributed by atoms with Crippen LogP contribution >= 0.6 is 0 Å². The summed E-state index contributed by atoms with van der Waals surface area (Å²) in [4.78, 5) is 0. The van der Waals surface area contributed by atoms with Gasteiger partial charge in [0.2, 0.25) is 0 Å². The van der Waals surface area contributed by atoms with Crippen molar-refractivity contribution >= 4 is 5.69 Å². The van der Waals surface area contributed by atoms with Gasteiger partial charge in [0, 0.05) is 24.7 Å². The summed E-state index contributed by atoms with van der Waals surface area (Å²) in [6, 6.07) is 6.40. The Kier molecular flexibility index (Phi) is 3.66. The third-order valence-corrected chi connectivity index (χ3v) is 2.24. The molecule has 0 spiro atoms. The minimum absolute atomic E-state index is 0.0155. The highest BCUT2D eigenvalue weighted by Crippen LogP contribution is 2.35. The Hall–Kier alpha value is -1.12. The summed E-state index contributed by atoms with van der Waals surface area (Å²) in [5.74, 6) is -2.75. The summed E-state index contributed by atoms with van der Waals surface area (Å²) in [7, 11) is 1.72. The second kappa shape index (κ2) is 4.60. The van der Waals surface area contributed by atoms with E-state index in [2.05, 4.69) is 5.32 Å². The lowest BCUT2D eigenvalue weighted by molar-refractivity contribution is -0.0248. The van der Waals surface area contributed by atoms with E-state index in [0.29, 0.717) is 0 Å². The Bertz CT molecular complexity index is 321. The molecule has 15 heavy (non-hydrogen) atoms. The van der Waals surface area contributed by atoms with Crippen LogP contribution in [0.5, 0.6) is 0 Å². The van der Waals surface area contributed by atoms with Crippen LogP contribution in [0.3, 0.4) is 0 Å². The van der Waals surface area contributed by atoms with E-state index in [1.54, 1.807) is 33.0 Å². The first-order valence-corrected chi connectivity index (χ1v) is 5.12. The van der Waals surface area contributed by atoms with Gasteiger partial charge in [0.25, 0.3) is 5.92 Å². The third kappa shape index (κ3) is 3.18. The minimum Gasteiger partial charge on any atom is -0.388 e. The molecule has 0 saturated carbocycles. The van der Waals surface area contributed by atoms with Crippen molar-refractivity contribution in [1.29, 1.82) is 0 Å². The van der Waals surface area contributed by atoms with E-state index in [1.807, 2.05) is 0 Å². The Morgan fingerprint density at radius 2 is 2.00 bits per heavy atom. The largest absolute Gasteiger partial charge is 0.388 e. The maximum Gasteiger partial charge on any atom is 0.273 e. The van der Waals surface area contributed by atoms with Crippen molar-refractivity contribution in [3.8, 4) is 0 Å². The lowest BCUT2D eigenvalue weighted by Crippen LogP contribution is -2.16. The summed E-state index contributed by atoms with van der Waals surface area (Å²) >= 11 is 0. The molecule has 0 aromatic heterocycles. The SMILES string of the molecule is CNc1cccc(C(F)(F)CC(C)C)c1. The van der Waals surface area contributed by atoms with E-state index in [4.69, 9.17) is 0 Å². The van der Waals surface area contributed by atoms with E-state index in [0.717, 1.165) is 5.69 Å². The van der Waals surface area contributed by atoms with Gasteiger partial charge in [0.15, 0.2) is 0 Å². The smallest absolute Gasteiger partial charge is 0.273 e. The summed E-state index contributed by atoms with van der Waals surface area (Å²) < 4.78 is 27.4. The van der Waals surface area contributed by atoms with Gasteiger partial charge in [0.05, 0.1) is 0 Å². The molecule has 0 aliphatic heterocycles. The van der Waals surface area contributed by atoms with Crippen LogP contribution in [0.4, 0.5) is 14.5 Å². The van der Waals surface area contributed by atoms with Crippen molar-refractivity contribution in [2.75, 3.05) is 12.4 Å². The van der Waals surface area contributed by atoms with E-state index in [9.17, 15) is 8.78 Å². The van der Waals surface area contributed by atoms with Gasteiger partial charge in [-0.25, -0.2) is 8.78 Å². The molecule has 0 amide bonds. The molecule has 1 aromatic carbocycles. The lowest BCUT2D eigenvalue weighted by atomic mass is 9.98. The summed E-state index contributed by atoms with van der Waals surface area (Å²) in [6.45, 7) is 3.60. The highest BCUT2D eigenvalue weighted by molar-refractivity contribution is 5.46. The highest BCUT2D eigenvalue weighted by atomic mass is 19.3. The van der Waals surface area contributed by atoms with Crippen molar-refractivity contribution in [3.63, 3.8) is 0 Å². The summed E-state index contributed by atoms with van der Waals surface area (Å²) in [5, 5.41) is 2.86. The van der Waals surface area contributed by atoms with Gasteiger partial charge in [-0.2, -0.15) is 0 Å². The van der Waals surface area contributed by atoms with Gasteiger partial charge in [-0.15, -0.1) is 0 Å². The Balaban J connectivity index is 2.93. The molecule has 0 aliphatic rings. The Labute approximate surface area is 89.5 Å². The number of hydrogen-bond donors (Lipinski definition) is 1. The number of alkyl halides is 2. The molecule has 1 nitrogen and oxygen atoms in total. The van der Waals surface area contributed by atoms with Crippen LogP contribution in [0.1, 0.15) is 25.8 Å². The van der Waals surface area contributed by atoms with Crippen molar-refractivity contribution in [2.24, 2.45) is 5.92 Å². The second-order valence-electron chi connectivity index (χ2n) is 4.13.